The Morgan fingerprint density at radius 3 is 1.81 bits per heavy atom. The molecular formula is C21H24Br4Cu2N4. The van der Waals surface area contributed by atoms with Crippen LogP contribution in [0.3, 0.4) is 0 Å². The zero-order chi connectivity index (χ0) is 17.5. The second-order valence-corrected chi connectivity index (χ2v) is 5.77. The molecule has 0 fully saturated rings. The summed E-state index contributed by atoms with van der Waals surface area (Å²) < 4.78 is 0. The molecule has 0 bridgehead atoms. The monoisotopic (exact) mass is 774 g/mol. The van der Waals surface area contributed by atoms with Crippen molar-refractivity contribution >= 4 is 91.7 Å². The van der Waals surface area contributed by atoms with Gasteiger partial charge in [-0.15, -0.1) is 67.9 Å². The van der Waals surface area contributed by atoms with Crippen molar-refractivity contribution in [2.45, 2.75) is 20.3 Å². The molecule has 0 spiro atoms. The van der Waals surface area contributed by atoms with Gasteiger partial charge in [-0.3, -0.25) is 20.0 Å². The first-order valence-electron chi connectivity index (χ1n) is 8.21. The van der Waals surface area contributed by atoms with Crippen molar-refractivity contribution < 1.29 is 34.1 Å². The van der Waals surface area contributed by atoms with Crippen LogP contribution in [0.2, 0.25) is 0 Å². The molecular weight excluding hydrogens is 755 g/mol. The standard InChI is InChI=1S/C21H20N4.4BrH.2Cu/c1-16-14-21(25-15-19-8-4-6-11-23-19)17(2)13-20(16)24-12-9-18-7-3-5-10-22-18;;;;;;/h3-8,10-15H,9H2,1-2H3;4*1H;;. The molecule has 0 N–H and O–H groups in total. The van der Waals surface area contributed by atoms with E-state index in [9.17, 15) is 0 Å². The molecule has 1 aromatic carbocycles. The number of hydrogen-bond donors (Lipinski definition) is 0. The van der Waals surface area contributed by atoms with E-state index in [2.05, 4.69) is 32.1 Å². The zero-order valence-corrected chi connectivity index (χ0v) is 25.4. The van der Waals surface area contributed by atoms with Gasteiger partial charge in [0.25, 0.3) is 0 Å². The van der Waals surface area contributed by atoms with Crippen molar-refractivity contribution in [3.05, 3.63) is 83.4 Å². The average molecular weight is 779 g/mol. The van der Waals surface area contributed by atoms with Crippen LogP contribution in [-0.4, -0.2) is 22.4 Å². The summed E-state index contributed by atoms with van der Waals surface area (Å²) >= 11 is 0. The summed E-state index contributed by atoms with van der Waals surface area (Å²) in [7, 11) is 0. The Labute approximate surface area is 247 Å². The van der Waals surface area contributed by atoms with Gasteiger partial charge in [-0.25, -0.2) is 0 Å². The largest absolute Gasteiger partial charge is 0.261 e. The van der Waals surface area contributed by atoms with Crippen molar-refractivity contribution in [2.75, 3.05) is 0 Å². The van der Waals surface area contributed by atoms with E-state index in [1.54, 1.807) is 18.6 Å². The molecule has 0 unspecified atom stereocenters. The van der Waals surface area contributed by atoms with Crippen LogP contribution in [0.4, 0.5) is 11.4 Å². The predicted molar refractivity (Wildman–Crippen MR) is 145 cm³/mol. The Balaban J connectivity index is -0.000000607. The third-order valence-corrected chi connectivity index (χ3v) is 3.80. The van der Waals surface area contributed by atoms with Crippen LogP contribution < -0.4 is 0 Å². The van der Waals surface area contributed by atoms with Crippen LogP contribution in [0.15, 0.2) is 70.9 Å². The molecule has 0 aliphatic carbocycles. The van der Waals surface area contributed by atoms with E-state index in [1.807, 2.05) is 56.5 Å². The van der Waals surface area contributed by atoms with E-state index in [0.717, 1.165) is 40.3 Å². The molecule has 0 aliphatic rings. The van der Waals surface area contributed by atoms with Gasteiger partial charge in [-0.2, -0.15) is 0 Å². The number of rotatable bonds is 5. The van der Waals surface area contributed by atoms with Crippen molar-refractivity contribution in [3.8, 4) is 0 Å². The van der Waals surface area contributed by atoms with E-state index in [-0.39, 0.29) is 102 Å². The Kier molecular flexibility index (Phi) is 25.1. The number of nitrogens with zero attached hydrogens (tertiary/aromatic N) is 4. The number of benzene rings is 1. The molecule has 3 aromatic rings. The van der Waals surface area contributed by atoms with Crippen LogP contribution >= 0.6 is 67.9 Å². The molecule has 4 nitrogen and oxygen atoms in total. The maximum atomic E-state index is 4.59. The smallest absolute Gasteiger partial charge is 0.0812 e. The van der Waals surface area contributed by atoms with Gasteiger partial charge in [-0.05, 0) is 61.4 Å². The van der Waals surface area contributed by atoms with Gasteiger partial charge >= 0.3 is 0 Å². The van der Waals surface area contributed by atoms with Gasteiger partial charge < -0.3 is 0 Å². The first-order valence-corrected chi connectivity index (χ1v) is 8.21. The molecule has 10 heteroatoms. The van der Waals surface area contributed by atoms with E-state index < -0.39 is 0 Å². The van der Waals surface area contributed by atoms with Crippen LogP contribution in [-0.2, 0) is 40.6 Å². The van der Waals surface area contributed by atoms with Crippen LogP contribution in [0.25, 0.3) is 0 Å². The van der Waals surface area contributed by atoms with Crippen molar-refractivity contribution in [1.82, 2.24) is 9.97 Å². The van der Waals surface area contributed by atoms with E-state index in [0.29, 0.717) is 0 Å². The fourth-order valence-corrected chi connectivity index (χ4v) is 2.41. The fraction of sp³-hybridized carbons (Fsp3) is 0.143. The second kappa shape index (κ2) is 20.4. The molecule has 0 saturated heterocycles. The summed E-state index contributed by atoms with van der Waals surface area (Å²) in [6.45, 7) is 4.09. The number of aromatic nitrogens is 2. The van der Waals surface area contributed by atoms with Gasteiger partial charge in [0.2, 0.25) is 0 Å². The minimum absolute atomic E-state index is 0. The number of aryl methyl sites for hydroxylation is 2. The molecule has 31 heavy (non-hydrogen) atoms. The normalized spacial score (nSPS) is 9.23. The first kappa shape index (κ1) is 38.1. The zero-order valence-electron chi connectivity index (χ0n) is 16.7. The molecule has 0 aliphatic heterocycles. The molecule has 178 valence electrons. The van der Waals surface area contributed by atoms with Crippen molar-refractivity contribution in [3.63, 3.8) is 0 Å². The van der Waals surface area contributed by atoms with E-state index in [1.165, 1.54) is 0 Å². The summed E-state index contributed by atoms with van der Waals surface area (Å²) in [5.41, 5.74) is 5.94. The summed E-state index contributed by atoms with van der Waals surface area (Å²) in [5, 5.41) is 0. The summed E-state index contributed by atoms with van der Waals surface area (Å²) in [6.07, 6.45) is 7.97. The second-order valence-electron chi connectivity index (χ2n) is 5.77. The minimum Gasteiger partial charge on any atom is -0.261 e. The van der Waals surface area contributed by atoms with Gasteiger partial charge in [-0.1, -0.05) is 12.1 Å². The summed E-state index contributed by atoms with van der Waals surface area (Å²) in [5.74, 6) is 0. The number of aliphatic imine (C=N–C) groups is 2. The first-order chi connectivity index (χ1) is 12.2. The van der Waals surface area contributed by atoms with Crippen LogP contribution in [0.5, 0.6) is 0 Å². The van der Waals surface area contributed by atoms with Gasteiger partial charge in [0.05, 0.1) is 23.3 Å². The number of halogens is 4. The maximum Gasteiger partial charge on any atom is 0.0812 e. The Morgan fingerprint density at radius 1 is 0.742 bits per heavy atom. The molecule has 0 amide bonds. The van der Waals surface area contributed by atoms with Gasteiger partial charge in [0.15, 0.2) is 0 Å². The summed E-state index contributed by atoms with van der Waals surface area (Å²) in [4.78, 5) is 17.7. The van der Waals surface area contributed by atoms with Crippen molar-refractivity contribution in [2.24, 2.45) is 9.98 Å². The average Bonchev–Trinajstić information content (AvgIpc) is 2.65. The van der Waals surface area contributed by atoms with Crippen LogP contribution in [0.1, 0.15) is 22.5 Å². The molecule has 0 atom stereocenters. The Morgan fingerprint density at radius 2 is 1.29 bits per heavy atom. The minimum atomic E-state index is 0. The Bertz CT molecular complexity index is 912. The molecule has 3 rings (SSSR count). The quantitative estimate of drug-likeness (QED) is 0.205. The van der Waals surface area contributed by atoms with Gasteiger partial charge in [0.1, 0.15) is 0 Å². The number of pyridine rings is 2. The van der Waals surface area contributed by atoms with Crippen LogP contribution in [0, 0.1) is 13.8 Å². The number of hydrogen-bond acceptors (Lipinski definition) is 4. The predicted octanol–water partition coefficient (Wildman–Crippen LogP) is 7.10. The van der Waals surface area contributed by atoms with E-state index >= 15 is 0 Å². The topological polar surface area (TPSA) is 50.5 Å². The molecule has 2 radical (unpaired) electrons. The third-order valence-electron chi connectivity index (χ3n) is 3.80. The Hall–Kier alpha value is -0.181. The van der Waals surface area contributed by atoms with Crippen molar-refractivity contribution in [1.29, 1.82) is 0 Å². The molecule has 2 aromatic heterocycles. The SMILES string of the molecule is Br.Br.Br.Br.Cc1cc(N=Cc2ccccn2)c(C)cc1N=CCc1ccccn1.[Cu].[Cu]. The van der Waals surface area contributed by atoms with E-state index in [4.69, 9.17) is 0 Å². The molecule has 2 heterocycles. The summed E-state index contributed by atoms with van der Waals surface area (Å²) in [6, 6.07) is 15.8. The maximum absolute atomic E-state index is 4.59. The third kappa shape index (κ3) is 12.6. The van der Waals surface area contributed by atoms with Gasteiger partial charge in [0, 0.05) is 64.9 Å². The fourth-order valence-electron chi connectivity index (χ4n) is 2.41. The molecule has 0 saturated carbocycles.